The molecule has 0 aliphatic heterocycles. The van der Waals surface area contributed by atoms with Crippen molar-refractivity contribution >= 4 is 23.1 Å². The third-order valence-electron chi connectivity index (χ3n) is 3.75. The summed E-state index contributed by atoms with van der Waals surface area (Å²) in [6.45, 7) is 0. The second-order valence-corrected chi connectivity index (χ2v) is 5.43. The number of anilines is 2. The zero-order valence-corrected chi connectivity index (χ0v) is 12.2. The molecule has 0 saturated heterocycles. The largest absolute Gasteiger partial charge is 0.340 e. The van der Waals surface area contributed by atoms with Gasteiger partial charge in [-0.1, -0.05) is 18.6 Å². The maximum atomic E-state index is 5.81. The Kier molecular flexibility index (Phi) is 4.16. The molecule has 1 aromatic carbocycles. The summed E-state index contributed by atoms with van der Waals surface area (Å²) >= 11 is 5.81. The van der Waals surface area contributed by atoms with Crippen molar-refractivity contribution in [2.75, 3.05) is 5.32 Å². The number of fused-ring (bicyclic) bond motifs is 1. The van der Waals surface area contributed by atoms with Crippen LogP contribution in [0.15, 0.2) is 30.6 Å². The second-order valence-electron chi connectivity index (χ2n) is 5.16. The molecular weight excluding hydrogens is 270 g/mol. The first-order chi connectivity index (χ1) is 9.86. The lowest BCUT2D eigenvalue weighted by atomic mass is 10.1. The summed E-state index contributed by atoms with van der Waals surface area (Å²) in [6, 6.07) is 8.16. The highest BCUT2D eigenvalue weighted by molar-refractivity contribution is 6.17. The molecule has 2 aromatic rings. The Morgan fingerprint density at radius 1 is 1.00 bits per heavy atom. The summed E-state index contributed by atoms with van der Waals surface area (Å²) < 4.78 is 0. The molecule has 0 fully saturated rings. The first-order valence-electron chi connectivity index (χ1n) is 7.11. The zero-order valence-electron chi connectivity index (χ0n) is 11.4. The van der Waals surface area contributed by atoms with E-state index in [1.54, 1.807) is 6.33 Å². The molecule has 3 rings (SSSR count). The normalized spacial score (nSPS) is 14.4. The summed E-state index contributed by atoms with van der Waals surface area (Å²) in [5, 5.41) is 3.42. The predicted octanol–water partition coefficient (Wildman–Crippen LogP) is 4.23. The topological polar surface area (TPSA) is 37.8 Å². The van der Waals surface area contributed by atoms with Crippen molar-refractivity contribution in [1.29, 1.82) is 0 Å². The van der Waals surface area contributed by atoms with Crippen LogP contribution < -0.4 is 5.32 Å². The number of aryl methyl sites for hydroxylation is 1. The van der Waals surface area contributed by atoms with Gasteiger partial charge < -0.3 is 5.32 Å². The van der Waals surface area contributed by atoms with Crippen molar-refractivity contribution in [2.45, 2.75) is 38.0 Å². The molecule has 0 atom stereocenters. The minimum Gasteiger partial charge on any atom is -0.340 e. The van der Waals surface area contributed by atoms with Gasteiger partial charge in [0, 0.05) is 22.8 Å². The van der Waals surface area contributed by atoms with Gasteiger partial charge in [0.05, 0.1) is 0 Å². The van der Waals surface area contributed by atoms with Gasteiger partial charge in [0.15, 0.2) is 0 Å². The van der Waals surface area contributed by atoms with Crippen LogP contribution in [0.5, 0.6) is 0 Å². The van der Waals surface area contributed by atoms with Crippen LogP contribution in [0, 0.1) is 0 Å². The summed E-state index contributed by atoms with van der Waals surface area (Å²) in [7, 11) is 0. The van der Waals surface area contributed by atoms with Crippen LogP contribution in [0.4, 0.5) is 11.5 Å². The van der Waals surface area contributed by atoms with Crippen LogP contribution in [0.3, 0.4) is 0 Å². The molecule has 0 unspecified atom stereocenters. The van der Waals surface area contributed by atoms with Crippen molar-refractivity contribution in [3.05, 3.63) is 47.4 Å². The molecule has 0 radical (unpaired) electrons. The molecule has 1 aromatic heterocycles. The standard InChI is InChI=1S/C16H18ClN3/c17-10-12-6-8-13(9-7-12)20-16-14-4-2-1-3-5-15(14)18-11-19-16/h6-9,11H,1-5,10H2,(H,18,19,20). The van der Waals surface area contributed by atoms with Crippen LogP contribution in [0.2, 0.25) is 0 Å². The monoisotopic (exact) mass is 287 g/mol. The molecular formula is C16H18ClN3. The molecule has 4 heteroatoms. The van der Waals surface area contributed by atoms with E-state index in [4.69, 9.17) is 11.6 Å². The third-order valence-corrected chi connectivity index (χ3v) is 4.05. The quantitative estimate of drug-likeness (QED) is 0.678. The van der Waals surface area contributed by atoms with Gasteiger partial charge in [-0.3, -0.25) is 0 Å². The van der Waals surface area contributed by atoms with E-state index in [0.717, 1.165) is 29.9 Å². The smallest absolute Gasteiger partial charge is 0.137 e. The van der Waals surface area contributed by atoms with E-state index < -0.39 is 0 Å². The molecule has 0 saturated carbocycles. The summed E-state index contributed by atoms with van der Waals surface area (Å²) in [5.41, 5.74) is 4.66. The Hall–Kier alpha value is -1.61. The summed E-state index contributed by atoms with van der Waals surface area (Å²) in [6.07, 6.45) is 7.53. The lowest BCUT2D eigenvalue weighted by molar-refractivity contribution is 0.709. The summed E-state index contributed by atoms with van der Waals surface area (Å²) in [4.78, 5) is 8.86. The minimum absolute atomic E-state index is 0.545. The van der Waals surface area contributed by atoms with Gasteiger partial charge in [-0.15, -0.1) is 11.6 Å². The number of hydrogen-bond donors (Lipinski definition) is 1. The minimum atomic E-state index is 0.545. The molecule has 0 spiro atoms. The van der Waals surface area contributed by atoms with E-state index in [-0.39, 0.29) is 0 Å². The van der Waals surface area contributed by atoms with Gasteiger partial charge in [-0.25, -0.2) is 9.97 Å². The molecule has 104 valence electrons. The third kappa shape index (κ3) is 2.93. The lowest BCUT2D eigenvalue weighted by Crippen LogP contribution is -2.04. The van der Waals surface area contributed by atoms with Gasteiger partial charge >= 0.3 is 0 Å². The maximum Gasteiger partial charge on any atom is 0.137 e. The molecule has 1 N–H and O–H groups in total. The van der Waals surface area contributed by atoms with Crippen molar-refractivity contribution in [1.82, 2.24) is 9.97 Å². The molecule has 0 bridgehead atoms. The van der Waals surface area contributed by atoms with Crippen LogP contribution in [0.1, 0.15) is 36.1 Å². The fourth-order valence-corrected chi connectivity index (χ4v) is 2.80. The number of aromatic nitrogens is 2. The average molecular weight is 288 g/mol. The number of alkyl halides is 1. The number of nitrogens with one attached hydrogen (secondary N) is 1. The Morgan fingerprint density at radius 3 is 2.60 bits per heavy atom. The molecule has 1 aliphatic carbocycles. The fraction of sp³-hybridized carbons (Fsp3) is 0.375. The first-order valence-corrected chi connectivity index (χ1v) is 7.65. The number of benzene rings is 1. The van der Waals surface area contributed by atoms with E-state index in [0.29, 0.717) is 5.88 Å². The van der Waals surface area contributed by atoms with Crippen LogP contribution in [-0.4, -0.2) is 9.97 Å². The van der Waals surface area contributed by atoms with Crippen molar-refractivity contribution in [3.8, 4) is 0 Å². The Balaban J connectivity index is 1.86. The predicted molar refractivity (Wildman–Crippen MR) is 82.6 cm³/mol. The van der Waals surface area contributed by atoms with Crippen molar-refractivity contribution in [3.63, 3.8) is 0 Å². The van der Waals surface area contributed by atoms with E-state index >= 15 is 0 Å². The van der Waals surface area contributed by atoms with Crippen molar-refractivity contribution < 1.29 is 0 Å². The van der Waals surface area contributed by atoms with Crippen LogP contribution in [0.25, 0.3) is 0 Å². The van der Waals surface area contributed by atoms with Crippen molar-refractivity contribution in [2.24, 2.45) is 0 Å². The maximum absolute atomic E-state index is 5.81. The second kappa shape index (κ2) is 6.23. The van der Waals surface area contributed by atoms with E-state index in [1.807, 2.05) is 24.3 Å². The first kappa shape index (κ1) is 13.4. The van der Waals surface area contributed by atoms with E-state index in [1.165, 1.54) is 30.5 Å². The average Bonchev–Trinajstić information content (AvgIpc) is 2.74. The SMILES string of the molecule is ClCc1ccc(Nc2ncnc3c2CCCCC3)cc1. The Bertz CT molecular complexity index is 581. The Labute approximate surface area is 124 Å². The van der Waals surface area contributed by atoms with Gasteiger partial charge in [0.25, 0.3) is 0 Å². The molecule has 20 heavy (non-hydrogen) atoms. The number of hydrogen-bond acceptors (Lipinski definition) is 3. The molecule has 1 aliphatic rings. The highest BCUT2D eigenvalue weighted by atomic mass is 35.5. The van der Waals surface area contributed by atoms with Gasteiger partial charge in [-0.2, -0.15) is 0 Å². The van der Waals surface area contributed by atoms with E-state index in [2.05, 4.69) is 15.3 Å². The van der Waals surface area contributed by atoms with Crippen LogP contribution in [-0.2, 0) is 18.7 Å². The van der Waals surface area contributed by atoms with Gasteiger partial charge in [0.1, 0.15) is 12.1 Å². The fourth-order valence-electron chi connectivity index (χ4n) is 2.62. The number of rotatable bonds is 3. The molecule has 1 heterocycles. The molecule has 0 amide bonds. The highest BCUT2D eigenvalue weighted by Crippen LogP contribution is 2.26. The number of nitrogens with zero attached hydrogens (tertiary/aromatic N) is 2. The zero-order chi connectivity index (χ0) is 13.8. The van der Waals surface area contributed by atoms with E-state index in [9.17, 15) is 0 Å². The van der Waals surface area contributed by atoms with Gasteiger partial charge in [0.2, 0.25) is 0 Å². The Morgan fingerprint density at radius 2 is 1.80 bits per heavy atom. The highest BCUT2D eigenvalue weighted by Gasteiger charge is 2.14. The van der Waals surface area contributed by atoms with Gasteiger partial charge in [-0.05, 0) is 43.4 Å². The van der Waals surface area contributed by atoms with Crippen LogP contribution >= 0.6 is 11.6 Å². The number of halogens is 1. The summed E-state index contributed by atoms with van der Waals surface area (Å²) in [5.74, 6) is 1.50. The lowest BCUT2D eigenvalue weighted by Gasteiger charge is -2.12. The molecule has 3 nitrogen and oxygen atoms in total.